The molecule has 3 heteroatoms. The molecule has 0 atom stereocenters. The zero-order valence-corrected chi connectivity index (χ0v) is 7.24. The topological polar surface area (TPSA) is 15.8 Å². The number of aromatic nitrogens is 1. The summed E-state index contributed by atoms with van der Waals surface area (Å²) >= 11 is 4.11. The summed E-state index contributed by atoms with van der Waals surface area (Å²) in [6.07, 6.45) is 1.79. The van der Waals surface area contributed by atoms with Crippen molar-refractivity contribution >= 4 is 23.5 Å². The number of nitrogens with one attached hydrogen (secondary N) is 1. The van der Waals surface area contributed by atoms with Gasteiger partial charge in [-0.05, 0) is 17.7 Å². The van der Waals surface area contributed by atoms with Crippen LogP contribution in [0.3, 0.4) is 0 Å². The first-order chi connectivity index (χ1) is 5.83. The highest BCUT2D eigenvalue weighted by atomic mass is 32.1. The van der Waals surface area contributed by atoms with Gasteiger partial charge >= 0.3 is 0 Å². The molecule has 2 rings (SSSR count). The molecule has 62 valence electrons. The van der Waals surface area contributed by atoms with Crippen LogP contribution in [0, 0.1) is 5.82 Å². The minimum atomic E-state index is -0.183. The molecule has 0 aliphatic carbocycles. The number of benzene rings is 1. The molecule has 0 spiro atoms. The van der Waals surface area contributed by atoms with E-state index in [9.17, 15) is 4.39 Å². The second kappa shape index (κ2) is 2.83. The summed E-state index contributed by atoms with van der Waals surface area (Å²) in [6.45, 7) is 0. The molecule has 0 aliphatic heterocycles. The lowest BCUT2D eigenvalue weighted by atomic mass is 10.2. The van der Waals surface area contributed by atoms with Crippen LogP contribution < -0.4 is 0 Å². The van der Waals surface area contributed by atoms with Crippen molar-refractivity contribution in [3.05, 3.63) is 35.8 Å². The van der Waals surface area contributed by atoms with Gasteiger partial charge in [-0.15, -0.1) is 0 Å². The van der Waals surface area contributed by atoms with E-state index in [0.717, 1.165) is 11.1 Å². The predicted octanol–water partition coefficient (Wildman–Crippen LogP) is 2.74. The number of H-pyrrole nitrogens is 1. The third-order valence-electron chi connectivity index (χ3n) is 1.91. The van der Waals surface area contributed by atoms with Crippen molar-refractivity contribution in [1.82, 2.24) is 4.98 Å². The molecule has 1 heterocycles. The number of aromatic amines is 1. The number of halogens is 1. The van der Waals surface area contributed by atoms with E-state index >= 15 is 0 Å². The molecule has 1 nitrogen and oxygen atoms in total. The first kappa shape index (κ1) is 7.68. The van der Waals surface area contributed by atoms with Gasteiger partial charge < -0.3 is 4.98 Å². The highest BCUT2D eigenvalue weighted by molar-refractivity contribution is 7.79. The number of rotatable bonds is 1. The van der Waals surface area contributed by atoms with Gasteiger partial charge in [0.15, 0.2) is 0 Å². The summed E-state index contributed by atoms with van der Waals surface area (Å²) in [5.41, 5.74) is 1.74. The molecule has 2 aromatic rings. The maximum Gasteiger partial charge on any atom is 0.132 e. The maximum atomic E-state index is 13.2. The Bertz CT molecular complexity index is 408. The molecule has 1 N–H and O–H groups in total. The quantitative estimate of drug-likeness (QED) is 0.629. The normalized spacial score (nSPS) is 10.8. The van der Waals surface area contributed by atoms with E-state index in [2.05, 4.69) is 17.6 Å². The van der Waals surface area contributed by atoms with Gasteiger partial charge in [-0.25, -0.2) is 4.39 Å². The second-order valence-electron chi connectivity index (χ2n) is 2.63. The summed E-state index contributed by atoms with van der Waals surface area (Å²) in [4.78, 5) is 2.99. The molecule has 0 radical (unpaired) electrons. The van der Waals surface area contributed by atoms with Crippen molar-refractivity contribution in [2.24, 2.45) is 0 Å². The predicted molar refractivity (Wildman–Crippen MR) is 50.9 cm³/mol. The van der Waals surface area contributed by atoms with Crippen molar-refractivity contribution in [3.63, 3.8) is 0 Å². The van der Waals surface area contributed by atoms with Gasteiger partial charge in [0.25, 0.3) is 0 Å². The van der Waals surface area contributed by atoms with E-state index in [1.807, 2.05) is 6.07 Å². The molecular formula is C9H8FNS. The van der Waals surface area contributed by atoms with E-state index in [4.69, 9.17) is 0 Å². The van der Waals surface area contributed by atoms with Gasteiger partial charge in [-0.3, -0.25) is 0 Å². The largest absolute Gasteiger partial charge is 0.361 e. The zero-order valence-electron chi connectivity index (χ0n) is 6.34. The van der Waals surface area contributed by atoms with Gasteiger partial charge in [0.1, 0.15) is 5.82 Å². The van der Waals surface area contributed by atoms with Crippen LogP contribution in [0.15, 0.2) is 24.4 Å². The lowest BCUT2D eigenvalue weighted by Crippen LogP contribution is -1.78. The second-order valence-corrected chi connectivity index (χ2v) is 2.95. The molecular weight excluding hydrogens is 173 g/mol. The van der Waals surface area contributed by atoms with E-state index in [1.165, 1.54) is 6.07 Å². The van der Waals surface area contributed by atoms with E-state index in [0.29, 0.717) is 11.1 Å². The molecule has 1 aromatic carbocycles. The monoisotopic (exact) mass is 181 g/mol. The van der Waals surface area contributed by atoms with Crippen LogP contribution in [0.25, 0.3) is 10.9 Å². The van der Waals surface area contributed by atoms with Crippen LogP contribution in [0.1, 0.15) is 5.56 Å². The highest BCUT2D eigenvalue weighted by Crippen LogP contribution is 2.22. The molecule has 0 amide bonds. The Kier molecular flexibility index (Phi) is 1.81. The average molecular weight is 181 g/mol. The van der Waals surface area contributed by atoms with Gasteiger partial charge in [-0.2, -0.15) is 12.6 Å². The van der Waals surface area contributed by atoms with Crippen LogP contribution in [-0.4, -0.2) is 4.98 Å². The fraction of sp³-hybridized carbons (Fsp3) is 0.111. The molecule has 0 unspecified atom stereocenters. The fourth-order valence-corrected chi connectivity index (χ4v) is 1.58. The average Bonchev–Trinajstić information content (AvgIpc) is 2.49. The van der Waals surface area contributed by atoms with Crippen LogP contribution in [0.5, 0.6) is 0 Å². The van der Waals surface area contributed by atoms with Crippen LogP contribution in [-0.2, 0) is 5.75 Å². The minimum Gasteiger partial charge on any atom is -0.361 e. The molecule has 0 aliphatic rings. The SMILES string of the molecule is Fc1cccc2[nH]cc(CS)c12. The van der Waals surface area contributed by atoms with E-state index in [1.54, 1.807) is 12.3 Å². The number of fused-ring (bicyclic) bond motifs is 1. The summed E-state index contributed by atoms with van der Waals surface area (Å²) in [6, 6.07) is 5.00. The Balaban J connectivity index is 2.83. The Hall–Kier alpha value is -0.960. The summed E-state index contributed by atoms with van der Waals surface area (Å²) in [5, 5.41) is 0.660. The fourth-order valence-electron chi connectivity index (χ4n) is 1.33. The first-order valence-corrected chi connectivity index (χ1v) is 4.31. The van der Waals surface area contributed by atoms with Crippen LogP contribution >= 0.6 is 12.6 Å². The number of hydrogen-bond acceptors (Lipinski definition) is 1. The molecule has 0 bridgehead atoms. The molecule has 0 fully saturated rings. The lowest BCUT2D eigenvalue weighted by Gasteiger charge is -1.94. The first-order valence-electron chi connectivity index (χ1n) is 3.68. The van der Waals surface area contributed by atoms with Crippen molar-refractivity contribution in [3.8, 4) is 0 Å². The van der Waals surface area contributed by atoms with Crippen LogP contribution in [0.4, 0.5) is 4.39 Å². The standard InChI is InChI=1S/C9H8FNS/c10-7-2-1-3-8-9(7)6(5-12)4-11-8/h1-4,11-12H,5H2. The summed E-state index contributed by atoms with van der Waals surface area (Å²) in [5.74, 6) is 0.374. The smallest absolute Gasteiger partial charge is 0.132 e. The van der Waals surface area contributed by atoms with Crippen molar-refractivity contribution in [2.75, 3.05) is 0 Å². The zero-order chi connectivity index (χ0) is 8.55. The number of hydrogen-bond donors (Lipinski definition) is 2. The Morgan fingerprint density at radius 3 is 3.00 bits per heavy atom. The van der Waals surface area contributed by atoms with Crippen molar-refractivity contribution in [2.45, 2.75) is 5.75 Å². The Morgan fingerprint density at radius 1 is 1.42 bits per heavy atom. The summed E-state index contributed by atoms with van der Waals surface area (Å²) in [7, 11) is 0. The van der Waals surface area contributed by atoms with Crippen molar-refractivity contribution < 1.29 is 4.39 Å². The minimum absolute atomic E-state index is 0.183. The summed E-state index contributed by atoms with van der Waals surface area (Å²) < 4.78 is 13.2. The van der Waals surface area contributed by atoms with Gasteiger partial charge in [0.2, 0.25) is 0 Å². The Labute approximate surface area is 75.0 Å². The molecule has 0 saturated heterocycles. The van der Waals surface area contributed by atoms with E-state index < -0.39 is 0 Å². The van der Waals surface area contributed by atoms with Crippen molar-refractivity contribution in [1.29, 1.82) is 0 Å². The highest BCUT2D eigenvalue weighted by Gasteiger charge is 2.05. The van der Waals surface area contributed by atoms with Gasteiger partial charge in [0.05, 0.1) is 0 Å². The lowest BCUT2D eigenvalue weighted by molar-refractivity contribution is 0.639. The third-order valence-corrected chi connectivity index (χ3v) is 2.25. The van der Waals surface area contributed by atoms with Gasteiger partial charge in [-0.1, -0.05) is 6.07 Å². The molecule has 1 aromatic heterocycles. The maximum absolute atomic E-state index is 13.2. The molecule has 12 heavy (non-hydrogen) atoms. The Morgan fingerprint density at radius 2 is 2.25 bits per heavy atom. The van der Waals surface area contributed by atoms with Gasteiger partial charge in [0, 0.05) is 22.9 Å². The van der Waals surface area contributed by atoms with E-state index in [-0.39, 0.29) is 5.82 Å². The molecule has 0 saturated carbocycles. The van der Waals surface area contributed by atoms with Crippen LogP contribution in [0.2, 0.25) is 0 Å². The number of thiol groups is 1. The third kappa shape index (κ3) is 1.01.